The molecule has 4 aliphatic rings. The maximum Gasteiger partial charge on any atom is 0.264 e. The summed E-state index contributed by atoms with van der Waals surface area (Å²) in [5.74, 6) is -1.08. The van der Waals surface area contributed by atoms with Gasteiger partial charge in [0.1, 0.15) is 6.54 Å². The van der Waals surface area contributed by atoms with Gasteiger partial charge in [-0.2, -0.15) is 10.2 Å². The first-order valence-electron chi connectivity index (χ1n) is 14.8. The Kier molecular flexibility index (Phi) is 6.72. The van der Waals surface area contributed by atoms with Crippen molar-refractivity contribution in [1.82, 2.24) is 10.0 Å². The molecule has 9 nitrogen and oxygen atoms in total. The van der Waals surface area contributed by atoms with E-state index in [1.807, 2.05) is 80.6 Å². The van der Waals surface area contributed by atoms with Crippen molar-refractivity contribution in [3.63, 3.8) is 0 Å². The number of hydrogen-bond acceptors (Lipinski definition) is 7. The van der Waals surface area contributed by atoms with Gasteiger partial charge in [0.05, 0.1) is 17.4 Å². The van der Waals surface area contributed by atoms with Crippen molar-refractivity contribution in [3.05, 3.63) is 107 Å². The van der Waals surface area contributed by atoms with Gasteiger partial charge in [-0.1, -0.05) is 84.1 Å². The quantitative estimate of drug-likeness (QED) is 0.381. The number of carbonyl (C=O) groups is 3. The summed E-state index contributed by atoms with van der Waals surface area (Å²) < 4.78 is 0. The molecule has 0 radical (unpaired) electrons. The van der Waals surface area contributed by atoms with Gasteiger partial charge in [0.15, 0.2) is 12.1 Å². The molecule has 9 heteroatoms. The van der Waals surface area contributed by atoms with E-state index in [2.05, 4.69) is 28.5 Å². The molecule has 1 saturated carbocycles. The number of amides is 3. The van der Waals surface area contributed by atoms with Gasteiger partial charge in [0, 0.05) is 5.92 Å². The first-order chi connectivity index (χ1) is 20.9. The van der Waals surface area contributed by atoms with E-state index in [1.54, 1.807) is 5.01 Å². The number of anilines is 1. The lowest BCUT2D eigenvalue weighted by molar-refractivity contribution is -0.136. The molecule has 216 valence electrons. The third-order valence-corrected chi connectivity index (χ3v) is 8.86. The van der Waals surface area contributed by atoms with Crippen LogP contribution in [0.15, 0.2) is 99.9 Å². The monoisotopic (exact) mass is 572 g/mol. The highest BCUT2D eigenvalue weighted by molar-refractivity contribution is 6.26. The molecule has 2 fully saturated rings. The minimum absolute atomic E-state index is 0.0530. The van der Waals surface area contributed by atoms with Crippen LogP contribution in [-0.2, 0) is 14.4 Å². The fourth-order valence-electron chi connectivity index (χ4n) is 6.88. The highest BCUT2D eigenvalue weighted by Gasteiger charge is 2.56. The molecule has 0 N–H and O–H groups in total. The first-order valence-corrected chi connectivity index (χ1v) is 14.8. The normalized spacial score (nSPS) is 25.4. The third-order valence-electron chi connectivity index (χ3n) is 8.86. The SMILES string of the molecule is Cc1cccc(C)c1N1C(=O)[C@@H]2[C@@H](N=NN2CC(=O)N2N=C3/C(=C/c4ccccc4)CCC[C@@H]3[C@H]2c2ccccc2)C1=O. The van der Waals surface area contributed by atoms with Crippen molar-refractivity contribution in [2.24, 2.45) is 21.4 Å². The highest BCUT2D eigenvalue weighted by atomic mass is 16.2. The van der Waals surface area contributed by atoms with Gasteiger partial charge in [0.2, 0.25) is 0 Å². The minimum Gasteiger partial charge on any atom is -0.271 e. The Morgan fingerprint density at radius 2 is 1.58 bits per heavy atom. The smallest absolute Gasteiger partial charge is 0.264 e. The molecule has 0 bridgehead atoms. The van der Waals surface area contributed by atoms with E-state index in [4.69, 9.17) is 5.10 Å². The number of imide groups is 1. The Labute approximate surface area is 250 Å². The molecular weight excluding hydrogens is 540 g/mol. The molecule has 3 amide bonds. The van der Waals surface area contributed by atoms with Gasteiger partial charge in [-0.15, -0.1) is 0 Å². The average Bonchev–Trinajstić information content (AvgIpc) is 3.68. The Morgan fingerprint density at radius 1 is 0.884 bits per heavy atom. The average molecular weight is 573 g/mol. The lowest BCUT2D eigenvalue weighted by Gasteiger charge is -2.30. The minimum atomic E-state index is -0.975. The maximum atomic E-state index is 14.1. The summed E-state index contributed by atoms with van der Waals surface area (Å²) in [5, 5.41) is 16.2. The number of allylic oxidation sites excluding steroid dienone is 1. The van der Waals surface area contributed by atoms with Gasteiger partial charge >= 0.3 is 0 Å². The van der Waals surface area contributed by atoms with Gasteiger partial charge < -0.3 is 0 Å². The Morgan fingerprint density at radius 3 is 2.30 bits per heavy atom. The van der Waals surface area contributed by atoms with Crippen LogP contribution in [0.1, 0.15) is 47.6 Å². The highest BCUT2D eigenvalue weighted by Crippen LogP contribution is 2.45. The number of hydrogen-bond donors (Lipinski definition) is 0. The van der Waals surface area contributed by atoms with E-state index in [9.17, 15) is 14.4 Å². The summed E-state index contributed by atoms with van der Waals surface area (Å²) >= 11 is 0. The predicted molar refractivity (Wildman–Crippen MR) is 163 cm³/mol. The van der Waals surface area contributed by atoms with Crippen LogP contribution in [0.25, 0.3) is 6.08 Å². The van der Waals surface area contributed by atoms with Crippen LogP contribution in [0.4, 0.5) is 5.69 Å². The van der Waals surface area contributed by atoms with Crippen molar-refractivity contribution in [1.29, 1.82) is 0 Å². The Balaban J connectivity index is 1.19. The molecule has 43 heavy (non-hydrogen) atoms. The van der Waals surface area contributed by atoms with Crippen LogP contribution in [0.2, 0.25) is 0 Å². The molecule has 3 heterocycles. The van der Waals surface area contributed by atoms with Crippen molar-refractivity contribution in [2.45, 2.75) is 51.2 Å². The van der Waals surface area contributed by atoms with Crippen LogP contribution in [-0.4, -0.2) is 52.1 Å². The number of hydrazone groups is 1. The Hall–Kier alpha value is -4.92. The molecule has 1 saturated heterocycles. The number of rotatable bonds is 5. The second kappa shape index (κ2) is 10.7. The van der Waals surface area contributed by atoms with Crippen molar-refractivity contribution < 1.29 is 14.4 Å². The molecule has 0 spiro atoms. The largest absolute Gasteiger partial charge is 0.271 e. The number of aryl methyl sites for hydroxylation is 2. The second-order valence-electron chi connectivity index (χ2n) is 11.6. The fraction of sp³-hybridized carbons (Fsp3) is 0.294. The summed E-state index contributed by atoms with van der Waals surface area (Å²) in [7, 11) is 0. The zero-order chi connectivity index (χ0) is 29.7. The lowest BCUT2D eigenvalue weighted by atomic mass is 9.77. The second-order valence-corrected chi connectivity index (χ2v) is 11.6. The molecular formula is C34H32N6O3. The van der Waals surface area contributed by atoms with Crippen LogP contribution < -0.4 is 4.90 Å². The maximum absolute atomic E-state index is 14.1. The van der Waals surface area contributed by atoms with E-state index in [0.29, 0.717) is 5.69 Å². The van der Waals surface area contributed by atoms with Crippen LogP contribution in [0, 0.1) is 19.8 Å². The number of carbonyl (C=O) groups excluding carboxylic acids is 3. The number of fused-ring (bicyclic) bond motifs is 2. The molecule has 0 unspecified atom stereocenters. The predicted octanol–water partition coefficient (Wildman–Crippen LogP) is 5.42. The van der Waals surface area contributed by atoms with Gasteiger partial charge in [-0.05, 0) is 67.0 Å². The van der Waals surface area contributed by atoms with Gasteiger partial charge in [-0.3, -0.25) is 19.4 Å². The van der Waals surface area contributed by atoms with Crippen LogP contribution >= 0.6 is 0 Å². The molecule has 1 aliphatic carbocycles. The number of nitrogens with zero attached hydrogens (tertiary/aromatic N) is 6. The van der Waals surface area contributed by atoms with Crippen molar-refractivity contribution >= 4 is 35.2 Å². The zero-order valence-corrected chi connectivity index (χ0v) is 24.1. The van der Waals surface area contributed by atoms with E-state index in [0.717, 1.165) is 52.8 Å². The van der Waals surface area contributed by atoms with E-state index in [1.165, 1.54) is 9.91 Å². The Bertz CT molecular complexity index is 1680. The summed E-state index contributed by atoms with van der Waals surface area (Å²) in [4.78, 5) is 42.4. The van der Waals surface area contributed by atoms with Crippen LogP contribution in [0.5, 0.6) is 0 Å². The summed E-state index contributed by atoms with van der Waals surface area (Å²) in [6, 6.07) is 23.6. The topological polar surface area (TPSA) is 98.0 Å². The fourth-order valence-corrected chi connectivity index (χ4v) is 6.88. The first kappa shape index (κ1) is 26.9. The third kappa shape index (κ3) is 4.56. The number of para-hydroxylation sites is 1. The molecule has 3 aromatic rings. The standard InChI is InChI=1S/C34H32N6O3/c1-21-11-9-12-22(2)30(21)39-33(42)29-32(34(39)43)38(37-35-29)20-27(41)40-31(24-15-7-4-8-16-24)26-18-10-17-25(28(26)36-40)19-23-13-5-3-6-14-23/h3-9,11-16,19,26,29,31-32H,10,17-18,20H2,1-2H3/b25-19+/t26-,29+,31+,32-/m0/s1. The van der Waals surface area contributed by atoms with E-state index < -0.39 is 23.9 Å². The molecule has 0 aromatic heterocycles. The summed E-state index contributed by atoms with van der Waals surface area (Å²) in [6.45, 7) is 3.53. The number of benzene rings is 3. The molecule has 7 rings (SSSR count). The molecule has 3 aromatic carbocycles. The molecule has 4 atom stereocenters. The van der Waals surface area contributed by atoms with Gasteiger partial charge in [-0.25, -0.2) is 9.91 Å². The summed E-state index contributed by atoms with van der Waals surface area (Å²) in [5.41, 5.74) is 6.40. The lowest BCUT2D eigenvalue weighted by Crippen LogP contribution is -2.45. The van der Waals surface area contributed by atoms with Crippen molar-refractivity contribution in [3.8, 4) is 0 Å². The van der Waals surface area contributed by atoms with Crippen LogP contribution in [0.3, 0.4) is 0 Å². The zero-order valence-electron chi connectivity index (χ0n) is 24.1. The van der Waals surface area contributed by atoms with Gasteiger partial charge in [0.25, 0.3) is 17.7 Å². The van der Waals surface area contributed by atoms with E-state index >= 15 is 0 Å². The molecule has 3 aliphatic heterocycles. The van der Waals surface area contributed by atoms with E-state index in [-0.39, 0.29) is 24.4 Å². The van der Waals surface area contributed by atoms with Crippen molar-refractivity contribution in [2.75, 3.05) is 11.4 Å². The summed E-state index contributed by atoms with van der Waals surface area (Å²) in [6.07, 6.45) is 4.98.